The highest BCUT2D eigenvalue weighted by Gasteiger charge is 2.43. The van der Waals surface area contributed by atoms with E-state index in [4.69, 9.17) is 10.5 Å². The molecular weight excluding hydrogens is 398 g/mol. The first-order valence-corrected chi connectivity index (χ1v) is 10.2. The van der Waals surface area contributed by atoms with Gasteiger partial charge in [0.05, 0.1) is 17.7 Å². The van der Waals surface area contributed by atoms with Gasteiger partial charge in [0.1, 0.15) is 28.6 Å². The van der Waals surface area contributed by atoms with E-state index in [0.717, 1.165) is 11.3 Å². The Labute approximate surface area is 158 Å². The maximum atomic E-state index is 12.5. The molecule has 12 heteroatoms. The maximum Gasteiger partial charge on any atom is 0.217 e. The molecule has 27 heavy (non-hydrogen) atoms. The van der Waals surface area contributed by atoms with Gasteiger partial charge < -0.3 is 36.2 Å². The number of aliphatic hydroxyl groups excluding tert-OH is 4. The van der Waals surface area contributed by atoms with Gasteiger partial charge in [-0.25, -0.2) is 13.4 Å². The molecule has 3 rings (SSSR count). The average molecular weight is 417 g/mol. The summed E-state index contributed by atoms with van der Waals surface area (Å²) in [5, 5.41) is 41.7. The van der Waals surface area contributed by atoms with Crippen LogP contribution in [0.25, 0.3) is 0 Å². The van der Waals surface area contributed by atoms with Gasteiger partial charge in [-0.15, -0.1) is 0 Å². The number of nitrogens with zero attached hydrogens (tertiary/aromatic N) is 1. The van der Waals surface area contributed by atoms with Gasteiger partial charge in [-0.1, -0.05) is 11.3 Å². The fraction of sp³-hybridized carbons (Fsp3) is 0.400. The number of sulfone groups is 1. The summed E-state index contributed by atoms with van der Waals surface area (Å²) in [6, 6.07) is 5.63. The lowest BCUT2D eigenvalue weighted by Crippen LogP contribution is -2.60. The van der Waals surface area contributed by atoms with Crippen molar-refractivity contribution in [2.45, 2.75) is 39.7 Å². The van der Waals surface area contributed by atoms with Gasteiger partial charge in [-0.2, -0.15) is 0 Å². The van der Waals surface area contributed by atoms with Crippen LogP contribution in [0.2, 0.25) is 0 Å². The van der Waals surface area contributed by atoms with Crippen molar-refractivity contribution >= 4 is 32.0 Å². The minimum atomic E-state index is -3.75. The minimum absolute atomic E-state index is 0.0228. The van der Waals surface area contributed by atoms with Gasteiger partial charge in [0.25, 0.3) is 0 Å². The molecule has 7 N–H and O–H groups in total. The van der Waals surface area contributed by atoms with Crippen molar-refractivity contribution in [2.24, 2.45) is 0 Å². The highest BCUT2D eigenvalue weighted by molar-refractivity contribution is 7.93. The molecule has 1 saturated heterocycles. The van der Waals surface area contributed by atoms with Crippen LogP contribution in [0, 0.1) is 0 Å². The lowest BCUT2D eigenvalue weighted by atomic mass is 9.98. The van der Waals surface area contributed by atoms with Crippen molar-refractivity contribution in [2.75, 3.05) is 17.7 Å². The Morgan fingerprint density at radius 2 is 1.81 bits per heavy atom. The number of anilines is 2. The molecule has 148 valence electrons. The fourth-order valence-corrected chi connectivity index (χ4v) is 4.95. The molecule has 2 aromatic rings. The van der Waals surface area contributed by atoms with Crippen LogP contribution < -0.4 is 11.1 Å². The summed E-state index contributed by atoms with van der Waals surface area (Å²) in [5.74, 6) is 0. The molecule has 1 aliphatic rings. The summed E-state index contributed by atoms with van der Waals surface area (Å²) in [6.45, 7) is -0.543. The summed E-state index contributed by atoms with van der Waals surface area (Å²) in [4.78, 5) is 3.77. The van der Waals surface area contributed by atoms with E-state index < -0.39 is 47.1 Å². The Hall–Kier alpha value is -1.80. The van der Waals surface area contributed by atoms with Crippen molar-refractivity contribution in [3.63, 3.8) is 0 Å². The van der Waals surface area contributed by atoms with E-state index in [-0.39, 0.29) is 14.2 Å². The van der Waals surface area contributed by atoms with Gasteiger partial charge in [-0.05, 0) is 24.3 Å². The Balaban J connectivity index is 1.76. The van der Waals surface area contributed by atoms with Crippen molar-refractivity contribution in [3.05, 3.63) is 30.5 Å². The molecule has 10 nitrogen and oxygen atoms in total. The second-order valence-corrected chi connectivity index (χ2v) is 9.18. The molecule has 1 fully saturated rings. The molecule has 0 aliphatic carbocycles. The summed E-state index contributed by atoms with van der Waals surface area (Å²) in [6.07, 6.45) is -5.38. The van der Waals surface area contributed by atoms with Crippen molar-refractivity contribution < 1.29 is 33.6 Å². The number of nitrogens with one attached hydrogen (secondary N) is 1. The third-order valence-corrected chi connectivity index (χ3v) is 7.19. The van der Waals surface area contributed by atoms with Gasteiger partial charge in [-0.3, -0.25) is 0 Å². The molecule has 0 amide bonds. The second kappa shape index (κ2) is 7.67. The number of benzene rings is 1. The Bertz CT molecular complexity index is 885. The number of nitrogen functional groups attached to an aromatic ring is 1. The number of nitrogens with two attached hydrogens (primary N) is 1. The highest BCUT2D eigenvalue weighted by atomic mass is 32.2. The molecule has 0 bridgehead atoms. The van der Waals surface area contributed by atoms with Crippen molar-refractivity contribution in [1.29, 1.82) is 0 Å². The lowest BCUT2D eigenvalue weighted by molar-refractivity contribution is -0.221. The average Bonchev–Trinajstić information content (AvgIpc) is 3.10. The molecule has 0 spiro atoms. The quantitative estimate of drug-likeness (QED) is 0.345. The van der Waals surface area contributed by atoms with E-state index in [1.54, 1.807) is 0 Å². The predicted octanol–water partition coefficient (Wildman–Crippen LogP) is -1.23. The number of aromatic nitrogens is 1. The van der Waals surface area contributed by atoms with Crippen LogP contribution in [0.3, 0.4) is 0 Å². The van der Waals surface area contributed by atoms with Gasteiger partial charge in [0.15, 0.2) is 11.4 Å². The van der Waals surface area contributed by atoms with Crippen molar-refractivity contribution in [3.8, 4) is 0 Å². The Kier molecular flexibility index (Phi) is 5.67. The second-order valence-electron chi connectivity index (χ2n) is 5.94. The fourth-order valence-electron chi connectivity index (χ4n) is 2.63. The van der Waals surface area contributed by atoms with Gasteiger partial charge in [0.2, 0.25) is 9.84 Å². The first-order chi connectivity index (χ1) is 12.7. The maximum absolute atomic E-state index is 12.5. The molecule has 1 aromatic heterocycles. The van der Waals surface area contributed by atoms with Crippen LogP contribution >= 0.6 is 11.3 Å². The van der Waals surface area contributed by atoms with Crippen LogP contribution in [0.1, 0.15) is 0 Å². The molecule has 0 saturated carbocycles. The van der Waals surface area contributed by atoms with Crippen molar-refractivity contribution in [1.82, 2.24) is 4.98 Å². The summed E-state index contributed by atoms with van der Waals surface area (Å²) in [5.41, 5.74) is 5.88. The molecule has 0 radical (unpaired) electrons. The first kappa shape index (κ1) is 19.9. The zero-order chi connectivity index (χ0) is 19.8. The summed E-state index contributed by atoms with van der Waals surface area (Å²) in [7, 11) is -3.75. The Morgan fingerprint density at radius 3 is 2.37 bits per heavy atom. The third kappa shape index (κ3) is 3.91. The van der Waals surface area contributed by atoms with Gasteiger partial charge >= 0.3 is 0 Å². The topological polar surface area (TPSA) is 175 Å². The number of hydrogen-bond acceptors (Lipinski definition) is 11. The third-order valence-electron chi connectivity index (χ3n) is 4.13. The van der Waals surface area contributed by atoms with Crippen LogP contribution in [0.15, 0.2) is 39.6 Å². The van der Waals surface area contributed by atoms with E-state index in [0.29, 0.717) is 5.69 Å². The smallest absolute Gasteiger partial charge is 0.217 e. The highest BCUT2D eigenvalue weighted by Crippen LogP contribution is 2.28. The minimum Gasteiger partial charge on any atom is -0.394 e. The van der Waals surface area contributed by atoms with Gasteiger partial charge in [0, 0.05) is 5.69 Å². The number of thiazole rings is 1. The van der Waals surface area contributed by atoms with E-state index in [1.807, 2.05) is 0 Å². The molecule has 2 heterocycles. The Morgan fingerprint density at radius 1 is 1.15 bits per heavy atom. The number of aliphatic hydroxyl groups is 4. The van der Waals surface area contributed by atoms with E-state index in [9.17, 15) is 28.8 Å². The number of hydrogen-bond donors (Lipinski definition) is 6. The van der Waals surface area contributed by atoms with Crippen LogP contribution in [0.4, 0.5) is 10.8 Å². The predicted molar refractivity (Wildman–Crippen MR) is 95.8 cm³/mol. The molecule has 1 aromatic carbocycles. The summed E-state index contributed by atoms with van der Waals surface area (Å²) < 4.78 is 30.4. The number of rotatable bonds is 5. The van der Waals surface area contributed by atoms with E-state index >= 15 is 0 Å². The molecule has 1 aliphatic heterocycles. The normalized spacial score (nSPS) is 28.8. The largest absolute Gasteiger partial charge is 0.394 e. The van der Waals surface area contributed by atoms with Crippen LogP contribution in [-0.2, 0) is 14.6 Å². The first-order valence-electron chi connectivity index (χ1n) is 7.87. The standard InChI is InChI=1S/C15H19N3O7S2/c16-15-17-5-10(26-15)27(23,24)8-3-1-7(2-4-8)18-14-13(22)12(21)11(20)9(6-19)25-14/h1-5,9,11-14,18-22H,6H2,(H2,16,17)/t9-,11+,12-,13-,14-/m1/s1. The monoisotopic (exact) mass is 417 g/mol. The zero-order valence-corrected chi connectivity index (χ0v) is 15.5. The lowest BCUT2D eigenvalue weighted by Gasteiger charge is -2.40. The zero-order valence-electron chi connectivity index (χ0n) is 13.8. The van der Waals surface area contributed by atoms with Crippen LogP contribution in [0.5, 0.6) is 0 Å². The SMILES string of the molecule is Nc1ncc(S(=O)(=O)c2ccc(N[C@@H]3O[C@H](CO)[C@H](O)[C@@H](O)[C@H]3O)cc2)s1. The molecule has 5 atom stereocenters. The molecular formula is C15H19N3O7S2. The number of ether oxygens (including phenoxy) is 1. The van der Waals surface area contributed by atoms with Crippen LogP contribution in [-0.4, -0.2) is 71.1 Å². The summed E-state index contributed by atoms with van der Waals surface area (Å²) >= 11 is 0.860. The van der Waals surface area contributed by atoms with E-state index in [1.165, 1.54) is 30.5 Å². The van der Waals surface area contributed by atoms with E-state index in [2.05, 4.69) is 10.3 Å². The molecule has 0 unspecified atom stereocenters.